The number of amides is 1. The summed E-state index contributed by atoms with van der Waals surface area (Å²) in [4.78, 5) is 19.5. The van der Waals surface area contributed by atoms with Crippen LogP contribution >= 0.6 is 0 Å². The Morgan fingerprint density at radius 3 is 2.50 bits per heavy atom. The van der Waals surface area contributed by atoms with Gasteiger partial charge in [0, 0.05) is 33.2 Å². The van der Waals surface area contributed by atoms with Crippen LogP contribution in [0.2, 0.25) is 0 Å². The number of hydrogen-bond donors (Lipinski definition) is 2. The van der Waals surface area contributed by atoms with Crippen LogP contribution in [0.5, 0.6) is 0 Å². The highest BCUT2D eigenvalue weighted by Crippen LogP contribution is 2.19. The first kappa shape index (κ1) is 21.8. The van der Waals surface area contributed by atoms with Gasteiger partial charge in [0.05, 0.1) is 19.1 Å². The third-order valence-corrected chi connectivity index (χ3v) is 5.46. The van der Waals surface area contributed by atoms with Gasteiger partial charge in [-0.25, -0.2) is 0 Å². The van der Waals surface area contributed by atoms with Crippen LogP contribution in [0.1, 0.15) is 28.2 Å². The van der Waals surface area contributed by atoms with Crippen LogP contribution in [0.25, 0.3) is 0 Å². The minimum Gasteiger partial charge on any atom is -0.378 e. The number of rotatable bonds is 6. The van der Waals surface area contributed by atoms with E-state index in [1.807, 2.05) is 35.2 Å². The number of carbonyl (C=O) groups excluding carboxylic acids is 1. The molecule has 1 fully saturated rings. The number of benzene rings is 2. The second kappa shape index (κ2) is 10.8. The standard InChI is InChI=1S/C24H32N4O2/c1-18-9-10-21(19(2)15-18)16-26-24(25-3)27-17-22(20-7-5-4-6-8-20)23(29)28-11-13-30-14-12-28/h4-10,15,22H,11-14,16-17H2,1-3H3,(H2,25,26,27). The van der Waals surface area contributed by atoms with Crippen molar-refractivity contribution in [3.05, 3.63) is 70.8 Å². The van der Waals surface area contributed by atoms with E-state index < -0.39 is 0 Å². The molecule has 160 valence electrons. The lowest BCUT2D eigenvalue weighted by Crippen LogP contribution is -2.47. The topological polar surface area (TPSA) is 66.0 Å². The van der Waals surface area contributed by atoms with Crippen LogP contribution in [-0.4, -0.2) is 56.7 Å². The molecular weight excluding hydrogens is 376 g/mol. The third kappa shape index (κ3) is 5.83. The van der Waals surface area contributed by atoms with E-state index in [4.69, 9.17) is 4.74 Å². The zero-order valence-electron chi connectivity index (χ0n) is 18.1. The average Bonchev–Trinajstić information content (AvgIpc) is 2.78. The highest BCUT2D eigenvalue weighted by atomic mass is 16.5. The molecule has 0 bridgehead atoms. The molecular formula is C24H32N4O2. The molecule has 2 aromatic carbocycles. The summed E-state index contributed by atoms with van der Waals surface area (Å²) >= 11 is 0. The van der Waals surface area contributed by atoms with Gasteiger partial charge in [0.15, 0.2) is 5.96 Å². The number of guanidine groups is 1. The molecule has 3 rings (SSSR count). The van der Waals surface area contributed by atoms with Crippen molar-refractivity contribution < 1.29 is 9.53 Å². The average molecular weight is 409 g/mol. The Morgan fingerprint density at radius 2 is 1.83 bits per heavy atom. The SMILES string of the molecule is CN=C(NCc1ccc(C)cc1C)NCC(C(=O)N1CCOCC1)c1ccccc1. The summed E-state index contributed by atoms with van der Waals surface area (Å²) in [6.07, 6.45) is 0. The van der Waals surface area contributed by atoms with E-state index in [1.165, 1.54) is 16.7 Å². The Hall–Kier alpha value is -2.86. The van der Waals surface area contributed by atoms with Crippen molar-refractivity contribution in [1.82, 2.24) is 15.5 Å². The molecule has 1 heterocycles. The van der Waals surface area contributed by atoms with Gasteiger partial charge in [0.2, 0.25) is 5.91 Å². The fourth-order valence-electron chi connectivity index (χ4n) is 3.68. The molecule has 2 N–H and O–H groups in total. The monoisotopic (exact) mass is 408 g/mol. The lowest BCUT2D eigenvalue weighted by molar-refractivity contribution is -0.136. The fraction of sp³-hybridized carbons (Fsp3) is 0.417. The smallest absolute Gasteiger partial charge is 0.232 e. The second-order valence-corrected chi connectivity index (χ2v) is 7.64. The molecule has 0 aliphatic carbocycles. The molecule has 0 saturated carbocycles. The summed E-state index contributed by atoms with van der Waals surface area (Å²) in [6.45, 7) is 7.85. The van der Waals surface area contributed by atoms with Gasteiger partial charge >= 0.3 is 0 Å². The van der Waals surface area contributed by atoms with Crippen molar-refractivity contribution in [3.63, 3.8) is 0 Å². The molecule has 0 aromatic heterocycles. The number of hydrogen-bond acceptors (Lipinski definition) is 3. The van der Waals surface area contributed by atoms with Crippen molar-refractivity contribution in [2.24, 2.45) is 4.99 Å². The molecule has 0 spiro atoms. The van der Waals surface area contributed by atoms with Gasteiger partial charge in [-0.1, -0.05) is 54.1 Å². The summed E-state index contributed by atoms with van der Waals surface area (Å²) in [5.74, 6) is 0.538. The molecule has 1 aliphatic heterocycles. The van der Waals surface area contributed by atoms with E-state index in [1.54, 1.807) is 7.05 Å². The quantitative estimate of drug-likeness (QED) is 0.570. The first-order chi connectivity index (χ1) is 14.6. The number of nitrogens with one attached hydrogen (secondary N) is 2. The number of carbonyl (C=O) groups is 1. The molecule has 6 nitrogen and oxygen atoms in total. The summed E-state index contributed by atoms with van der Waals surface area (Å²) in [6, 6.07) is 16.4. The van der Waals surface area contributed by atoms with Crippen LogP contribution in [0.15, 0.2) is 53.5 Å². The molecule has 6 heteroatoms. The second-order valence-electron chi connectivity index (χ2n) is 7.64. The van der Waals surface area contributed by atoms with Gasteiger partial charge in [-0.3, -0.25) is 9.79 Å². The number of ether oxygens (including phenoxy) is 1. The van der Waals surface area contributed by atoms with Crippen LogP contribution in [0.4, 0.5) is 0 Å². The summed E-state index contributed by atoms with van der Waals surface area (Å²) in [5.41, 5.74) is 4.74. The van der Waals surface area contributed by atoms with Gasteiger partial charge in [0.1, 0.15) is 0 Å². The number of nitrogens with zero attached hydrogens (tertiary/aromatic N) is 2. The maximum atomic E-state index is 13.2. The van der Waals surface area contributed by atoms with Crippen molar-refractivity contribution in [1.29, 1.82) is 0 Å². The minimum absolute atomic E-state index is 0.127. The Kier molecular flexibility index (Phi) is 7.85. The first-order valence-corrected chi connectivity index (χ1v) is 10.5. The molecule has 1 amide bonds. The van der Waals surface area contributed by atoms with E-state index in [9.17, 15) is 4.79 Å². The van der Waals surface area contributed by atoms with E-state index >= 15 is 0 Å². The van der Waals surface area contributed by atoms with Gasteiger partial charge in [-0.15, -0.1) is 0 Å². The van der Waals surface area contributed by atoms with Crippen molar-refractivity contribution in [2.45, 2.75) is 26.3 Å². The number of morpholine rings is 1. The third-order valence-electron chi connectivity index (χ3n) is 5.46. The Bertz CT molecular complexity index is 861. The predicted molar refractivity (Wildman–Crippen MR) is 121 cm³/mol. The summed E-state index contributed by atoms with van der Waals surface area (Å²) in [5, 5.41) is 6.71. The lowest BCUT2D eigenvalue weighted by atomic mass is 9.97. The van der Waals surface area contributed by atoms with Gasteiger partial charge in [-0.2, -0.15) is 0 Å². The van der Waals surface area contributed by atoms with Crippen LogP contribution in [0, 0.1) is 13.8 Å². The Balaban J connectivity index is 1.65. The molecule has 1 saturated heterocycles. The fourth-order valence-corrected chi connectivity index (χ4v) is 3.68. The molecule has 30 heavy (non-hydrogen) atoms. The van der Waals surface area contributed by atoms with Crippen LogP contribution in [0.3, 0.4) is 0 Å². The lowest BCUT2D eigenvalue weighted by Gasteiger charge is -2.31. The molecule has 2 aromatic rings. The van der Waals surface area contributed by atoms with Crippen LogP contribution in [-0.2, 0) is 16.1 Å². The molecule has 1 aliphatic rings. The Morgan fingerprint density at radius 1 is 1.10 bits per heavy atom. The zero-order chi connectivity index (χ0) is 21.3. The normalized spacial score (nSPS) is 15.6. The van der Waals surface area contributed by atoms with Gasteiger partial charge in [-0.05, 0) is 30.5 Å². The summed E-state index contributed by atoms with van der Waals surface area (Å²) in [7, 11) is 1.75. The van der Waals surface area contributed by atoms with Crippen LogP contribution < -0.4 is 10.6 Å². The van der Waals surface area contributed by atoms with E-state index in [0.717, 1.165) is 5.56 Å². The zero-order valence-corrected chi connectivity index (χ0v) is 18.1. The summed E-state index contributed by atoms with van der Waals surface area (Å²) < 4.78 is 5.40. The maximum Gasteiger partial charge on any atom is 0.232 e. The largest absolute Gasteiger partial charge is 0.378 e. The Labute approximate surface area is 179 Å². The van der Waals surface area contributed by atoms with E-state index in [2.05, 4.69) is 47.7 Å². The predicted octanol–water partition coefficient (Wildman–Crippen LogP) is 2.61. The molecule has 1 unspecified atom stereocenters. The van der Waals surface area contributed by atoms with Gasteiger partial charge < -0.3 is 20.3 Å². The highest BCUT2D eigenvalue weighted by Gasteiger charge is 2.27. The highest BCUT2D eigenvalue weighted by molar-refractivity contribution is 5.86. The van der Waals surface area contributed by atoms with Crippen molar-refractivity contribution in [2.75, 3.05) is 39.9 Å². The number of aliphatic imine (C=N–C) groups is 1. The molecule has 1 atom stereocenters. The molecule has 0 radical (unpaired) electrons. The maximum absolute atomic E-state index is 13.2. The van der Waals surface area contributed by atoms with Crippen molar-refractivity contribution in [3.8, 4) is 0 Å². The van der Waals surface area contributed by atoms with Gasteiger partial charge in [0.25, 0.3) is 0 Å². The van der Waals surface area contributed by atoms with Crippen molar-refractivity contribution >= 4 is 11.9 Å². The number of aryl methyl sites for hydroxylation is 2. The van der Waals surface area contributed by atoms with E-state index in [-0.39, 0.29) is 11.8 Å². The first-order valence-electron chi connectivity index (χ1n) is 10.5. The van der Waals surface area contributed by atoms with E-state index in [0.29, 0.717) is 45.4 Å². The minimum atomic E-state index is -0.274.